The van der Waals surface area contributed by atoms with E-state index in [0.717, 1.165) is 50.9 Å². The van der Waals surface area contributed by atoms with Crippen LogP contribution in [0.1, 0.15) is 31.2 Å². The highest BCUT2D eigenvalue weighted by Crippen LogP contribution is 2.20. The van der Waals surface area contributed by atoms with Crippen LogP contribution in [0.3, 0.4) is 0 Å². The summed E-state index contributed by atoms with van der Waals surface area (Å²) in [5.74, 6) is -0.0676. The van der Waals surface area contributed by atoms with Crippen molar-refractivity contribution in [2.24, 2.45) is 5.92 Å². The molecule has 2 unspecified atom stereocenters. The molecule has 2 atom stereocenters. The number of carbonyl (C=O) groups excluding carboxylic acids is 1. The first kappa shape index (κ1) is 16.4. The minimum absolute atomic E-state index is 0.0266. The van der Waals surface area contributed by atoms with Gasteiger partial charge in [-0.1, -0.05) is 12.1 Å². The molecule has 0 saturated carbocycles. The lowest BCUT2D eigenvalue weighted by Crippen LogP contribution is -2.45. The maximum absolute atomic E-state index is 13.4. The Morgan fingerprint density at radius 2 is 2.26 bits per heavy atom. The van der Waals surface area contributed by atoms with Crippen molar-refractivity contribution < 1.29 is 13.9 Å². The molecule has 4 nitrogen and oxygen atoms in total. The Balaban J connectivity index is 1.70. The zero-order valence-electron chi connectivity index (χ0n) is 13.5. The molecular formula is C18H25FN2O2. The average molecular weight is 320 g/mol. The quantitative estimate of drug-likeness (QED) is 0.905. The Morgan fingerprint density at radius 3 is 2.96 bits per heavy atom. The Kier molecular flexibility index (Phi) is 5.62. The normalized spacial score (nSPS) is 24.6. The second-order valence-corrected chi connectivity index (χ2v) is 6.53. The van der Waals surface area contributed by atoms with Crippen molar-refractivity contribution in [1.82, 2.24) is 10.2 Å². The van der Waals surface area contributed by atoms with E-state index in [4.69, 9.17) is 4.74 Å². The summed E-state index contributed by atoms with van der Waals surface area (Å²) in [6, 6.07) is 6.51. The Hall–Kier alpha value is -1.46. The lowest BCUT2D eigenvalue weighted by Gasteiger charge is -2.31. The molecule has 2 aliphatic rings. The summed E-state index contributed by atoms with van der Waals surface area (Å²) in [4.78, 5) is 14.8. The largest absolute Gasteiger partial charge is 0.376 e. The number of carbonyl (C=O) groups is 1. The molecule has 23 heavy (non-hydrogen) atoms. The predicted octanol–water partition coefficient (Wildman–Crippen LogP) is 2.33. The highest BCUT2D eigenvalue weighted by molar-refractivity contribution is 5.79. The van der Waals surface area contributed by atoms with Crippen molar-refractivity contribution in [3.05, 3.63) is 35.6 Å². The Morgan fingerprint density at radius 1 is 1.35 bits per heavy atom. The van der Waals surface area contributed by atoms with Crippen LogP contribution in [0.2, 0.25) is 0 Å². The zero-order chi connectivity index (χ0) is 16.1. The molecule has 126 valence electrons. The van der Waals surface area contributed by atoms with E-state index in [9.17, 15) is 9.18 Å². The van der Waals surface area contributed by atoms with Crippen LogP contribution in [0.4, 0.5) is 4.39 Å². The van der Waals surface area contributed by atoms with Crippen molar-refractivity contribution in [2.75, 3.05) is 26.2 Å². The number of amides is 1. The van der Waals surface area contributed by atoms with Gasteiger partial charge in [0.25, 0.3) is 0 Å². The van der Waals surface area contributed by atoms with E-state index < -0.39 is 0 Å². The summed E-state index contributed by atoms with van der Waals surface area (Å²) < 4.78 is 19.1. The summed E-state index contributed by atoms with van der Waals surface area (Å²) in [7, 11) is 0. The van der Waals surface area contributed by atoms with Gasteiger partial charge in [-0.05, 0) is 49.9 Å². The number of benzene rings is 1. The number of hydrogen-bond donors (Lipinski definition) is 1. The van der Waals surface area contributed by atoms with Crippen LogP contribution in [0.25, 0.3) is 0 Å². The van der Waals surface area contributed by atoms with Crippen LogP contribution in [0.5, 0.6) is 0 Å². The van der Waals surface area contributed by atoms with E-state index in [2.05, 4.69) is 5.32 Å². The predicted molar refractivity (Wildman–Crippen MR) is 86.4 cm³/mol. The molecule has 0 radical (unpaired) electrons. The van der Waals surface area contributed by atoms with Crippen molar-refractivity contribution in [3.8, 4) is 0 Å². The highest BCUT2D eigenvalue weighted by atomic mass is 19.1. The van der Waals surface area contributed by atoms with Crippen molar-refractivity contribution in [1.29, 1.82) is 0 Å². The molecule has 1 aromatic carbocycles. The second kappa shape index (κ2) is 7.88. The van der Waals surface area contributed by atoms with E-state index >= 15 is 0 Å². The molecule has 0 bridgehead atoms. The van der Waals surface area contributed by atoms with Gasteiger partial charge in [0.2, 0.25) is 5.91 Å². The van der Waals surface area contributed by atoms with Crippen LogP contribution in [0, 0.1) is 11.7 Å². The number of hydrogen-bond acceptors (Lipinski definition) is 3. The fourth-order valence-electron chi connectivity index (χ4n) is 3.44. The molecule has 1 aromatic rings. The number of nitrogens with zero attached hydrogens (tertiary/aromatic N) is 1. The lowest BCUT2D eigenvalue weighted by atomic mass is 9.97. The zero-order valence-corrected chi connectivity index (χ0v) is 13.5. The molecule has 0 spiro atoms. The third-order valence-corrected chi connectivity index (χ3v) is 4.67. The molecule has 0 aromatic heterocycles. The van der Waals surface area contributed by atoms with Crippen LogP contribution in [-0.2, 0) is 16.1 Å². The Labute approximate surface area is 137 Å². The van der Waals surface area contributed by atoms with E-state index in [-0.39, 0.29) is 23.7 Å². The van der Waals surface area contributed by atoms with E-state index in [1.54, 1.807) is 6.07 Å². The van der Waals surface area contributed by atoms with Crippen LogP contribution in [0.15, 0.2) is 24.3 Å². The smallest absolute Gasteiger partial charge is 0.227 e. The second-order valence-electron chi connectivity index (χ2n) is 6.53. The number of rotatable bonds is 5. The maximum atomic E-state index is 13.4. The third kappa shape index (κ3) is 4.52. The van der Waals surface area contributed by atoms with Gasteiger partial charge < -0.3 is 15.0 Å². The lowest BCUT2D eigenvalue weighted by molar-refractivity contribution is -0.138. The standard InChI is InChI=1S/C18H25FN2O2/c19-16-6-1-4-14(10-16)12-21(13-17-7-3-9-23-17)18(22)15-5-2-8-20-11-15/h1,4,6,10,15,17,20H,2-3,5,7-9,11-13H2. The van der Waals surface area contributed by atoms with Gasteiger partial charge in [0, 0.05) is 26.2 Å². The van der Waals surface area contributed by atoms with Gasteiger partial charge in [0.05, 0.1) is 12.0 Å². The van der Waals surface area contributed by atoms with Gasteiger partial charge >= 0.3 is 0 Å². The van der Waals surface area contributed by atoms with E-state index in [0.29, 0.717) is 13.1 Å². The first-order valence-corrected chi connectivity index (χ1v) is 8.58. The first-order chi connectivity index (χ1) is 11.2. The van der Waals surface area contributed by atoms with Gasteiger partial charge in [0.15, 0.2) is 0 Å². The summed E-state index contributed by atoms with van der Waals surface area (Å²) in [6.07, 6.45) is 4.12. The number of halogens is 1. The molecular weight excluding hydrogens is 295 g/mol. The molecule has 2 heterocycles. The fraction of sp³-hybridized carbons (Fsp3) is 0.611. The minimum atomic E-state index is -0.258. The van der Waals surface area contributed by atoms with Crippen LogP contribution < -0.4 is 5.32 Å². The van der Waals surface area contributed by atoms with Gasteiger partial charge in [-0.2, -0.15) is 0 Å². The summed E-state index contributed by atoms with van der Waals surface area (Å²) in [5.41, 5.74) is 0.833. The topological polar surface area (TPSA) is 41.6 Å². The molecule has 2 fully saturated rings. The first-order valence-electron chi connectivity index (χ1n) is 8.58. The SMILES string of the molecule is O=C(C1CCCNC1)N(Cc1cccc(F)c1)CC1CCCO1. The molecule has 1 N–H and O–H groups in total. The van der Waals surface area contributed by atoms with Crippen molar-refractivity contribution in [2.45, 2.75) is 38.3 Å². The van der Waals surface area contributed by atoms with Gasteiger partial charge in [0.1, 0.15) is 5.82 Å². The molecule has 2 aliphatic heterocycles. The van der Waals surface area contributed by atoms with Crippen LogP contribution >= 0.6 is 0 Å². The molecule has 0 aliphatic carbocycles. The average Bonchev–Trinajstić information content (AvgIpc) is 3.07. The van der Waals surface area contributed by atoms with Gasteiger partial charge in [-0.15, -0.1) is 0 Å². The molecule has 1 amide bonds. The Bertz CT molecular complexity index is 526. The monoisotopic (exact) mass is 320 g/mol. The fourth-order valence-corrected chi connectivity index (χ4v) is 3.44. The molecule has 3 rings (SSSR count). The number of ether oxygens (including phenoxy) is 1. The van der Waals surface area contributed by atoms with Crippen molar-refractivity contribution >= 4 is 5.91 Å². The highest BCUT2D eigenvalue weighted by Gasteiger charge is 2.29. The van der Waals surface area contributed by atoms with E-state index in [1.807, 2.05) is 11.0 Å². The van der Waals surface area contributed by atoms with E-state index in [1.165, 1.54) is 12.1 Å². The summed E-state index contributed by atoms with van der Waals surface area (Å²) >= 11 is 0. The summed E-state index contributed by atoms with van der Waals surface area (Å²) in [5, 5.41) is 3.30. The maximum Gasteiger partial charge on any atom is 0.227 e. The van der Waals surface area contributed by atoms with Crippen LogP contribution in [-0.4, -0.2) is 43.2 Å². The minimum Gasteiger partial charge on any atom is -0.376 e. The number of nitrogens with one attached hydrogen (secondary N) is 1. The third-order valence-electron chi connectivity index (χ3n) is 4.67. The van der Waals surface area contributed by atoms with Crippen molar-refractivity contribution in [3.63, 3.8) is 0 Å². The molecule has 5 heteroatoms. The van der Waals surface area contributed by atoms with Gasteiger partial charge in [-0.25, -0.2) is 4.39 Å². The number of piperidine rings is 1. The summed E-state index contributed by atoms with van der Waals surface area (Å²) in [6.45, 7) is 3.56. The molecule has 2 saturated heterocycles. The van der Waals surface area contributed by atoms with Gasteiger partial charge in [-0.3, -0.25) is 4.79 Å².